The summed E-state index contributed by atoms with van der Waals surface area (Å²) < 4.78 is 16.3. The van der Waals surface area contributed by atoms with Gasteiger partial charge in [0.1, 0.15) is 5.82 Å². The van der Waals surface area contributed by atoms with Gasteiger partial charge in [-0.2, -0.15) is 0 Å². The van der Waals surface area contributed by atoms with Gasteiger partial charge in [-0.1, -0.05) is 47.1 Å². The van der Waals surface area contributed by atoms with Gasteiger partial charge in [-0.15, -0.1) is 10.2 Å². The minimum absolute atomic E-state index is 0.203. The summed E-state index contributed by atoms with van der Waals surface area (Å²) in [6.45, 7) is 1.85. The fourth-order valence-corrected chi connectivity index (χ4v) is 4.20. The smallest absolute Gasteiger partial charge is 0.279 e. The van der Waals surface area contributed by atoms with Gasteiger partial charge in [0.2, 0.25) is 5.65 Å². The molecular weight excluding hydrogens is 422 g/mol. The van der Waals surface area contributed by atoms with Crippen molar-refractivity contribution in [1.82, 2.24) is 19.2 Å². The lowest BCUT2D eigenvalue weighted by molar-refractivity contribution is 0.627. The summed E-state index contributed by atoms with van der Waals surface area (Å²) in [5, 5.41) is 9.62. The maximum absolute atomic E-state index is 13.2. The molecule has 28 heavy (non-hydrogen) atoms. The molecule has 0 aliphatic carbocycles. The normalized spacial score (nSPS) is 11.3. The third kappa shape index (κ3) is 3.41. The quantitative estimate of drug-likeness (QED) is 0.427. The van der Waals surface area contributed by atoms with E-state index in [0.29, 0.717) is 26.6 Å². The molecule has 0 amide bonds. The molecule has 2 heterocycles. The Kier molecular flexibility index (Phi) is 5.14. The van der Waals surface area contributed by atoms with Crippen LogP contribution in [0.4, 0.5) is 4.39 Å². The van der Waals surface area contributed by atoms with Crippen LogP contribution in [0.15, 0.2) is 58.7 Å². The Morgan fingerprint density at radius 3 is 2.71 bits per heavy atom. The highest BCUT2D eigenvalue weighted by atomic mass is 35.5. The lowest BCUT2D eigenvalue weighted by Gasteiger charge is -2.10. The first kappa shape index (κ1) is 19.0. The zero-order valence-electron chi connectivity index (χ0n) is 14.6. The number of halogens is 3. The lowest BCUT2D eigenvalue weighted by Crippen LogP contribution is -2.21. The molecule has 0 bridgehead atoms. The molecule has 2 aromatic carbocycles. The number of fused-ring (bicyclic) bond motifs is 1. The van der Waals surface area contributed by atoms with Crippen molar-refractivity contribution in [2.75, 3.05) is 0 Å². The van der Waals surface area contributed by atoms with E-state index in [1.165, 1.54) is 28.5 Å². The molecule has 0 fully saturated rings. The van der Waals surface area contributed by atoms with E-state index in [0.717, 1.165) is 11.1 Å². The second kappa shape index (κ2) is 7.58. The van der Waals surface area contributed by atoms with E-state index in [4.69, 9.17) is 23.2 Å². The van der Waals surface area contributed by atoms with Crippen molar-refractivity contribution in [3.05, 3.63) is 86.1 Å². The Morgan fingerprint density at radius 1 is 1.11 bits per heavy atom. The number of nitrogens with zero attached hydrogens (tertiary/aromatic N) is 4. The Bertz CT molecular complexity index is 1250. The van der Waals surface area contributed by atoms with Gasteiger partial charge < -0.3 is 0 Å². The van der Waals surface area contributed by atoms with Crippen LogP contribution in [0, 0.1) is 12.7 Å². The summed E-state index contributed by atoms with van der Waals surface area (Å²) >= 11 is 13.6. The van der Waals surface area contributed by atoms with Crippen LogP contribution >= 0.6 is 35.0 Å². The minimum Gasteiger partial charge on any atom is -0.279 e. The molecule has 0 unspecified atom stereocenters. The molecule has 4 rings (SSSR count). The Hall–Kier alpha value is -2.35. The molecule has 0 saturated carbocycles. The third-order valence-corrected chi connectivity index (χ3v) is 6.06. The zero-order valence-corrected chi connectivity index (χ0v) is 16.9. The predicted molar refractivity (Wildman–Crippen MR) is 109 cm³/mol. The largest absolute Gasteiger partial charge is 0.300 e. The molecule has 0 N–H and O–H groups in total. The first-order chi connectivity index (χ1) is 13.5. The van der Waals surface area contributed by atoms with Crippen molar-refractivity contribution < 1.29 is 4.39 Å². The van der Waals surface area contributed by atoms with Crippen LogP contribution in [0.3, 0.4) is 0 Å². The first-order valence-corrected chi connectivity index (χ1v) is 9.98. The highest BCUT2D eigenvalue weighted by Gasteiger charge is 2.14. The summed E-state index contributed by atoms with van der Waals surface area (Å²) in [6, 6.07) is 9.64. The minimum atomic E-state index is -0.386. The Morgan fingerprint density at radius 2 is 1.93 bits per heavy atom. The Labute approximate surface area is 173 Å². The first-order valence-electron chi connectivity index (χ1n) is 8.24. The molecular formula is C19H13Cl2FN4OS. The van der Waals surface area contributed by atoms with E-state index in [9.17, 15) is 9.18 Å². The third-order valence-electron chi connectivity index (χ3n) is 4.31. The molecule has 0 aliphatic rings. The predicted octanol–water partition coefficient (Wildman–Crippen LogP) is 4.93. The lowest BCUT2D eigenvalue weighted by atomic mass is 10.2. The molecule has 0 atom stereocenters. The van der Waals surface area contributed by atoms with Gasteiger partial charge in [0.15, 0.2) is 5.16 Å². The summed E-state index contributed by atoms with van der Waals surface area (Å²) in [5.41, 5.74) is 2.17. The van der Waals surface area contributed by atoms with Crippen molar-refractivity contribution in [2.45, 2.75) is 17.8 Å². The fourth-order valence-electron chi connectivity index (χ4n) is 2.79. The standard InChI is InChI=1S/C19H13Cl2FN4OS/c1-11-14(20)3-2-4-16(11)25-7-8-26-17(18(25)27)23-24-19(26)28-10-12-5-6-13(22)9-15(12)21/h2-9H,10H2,1H3. The zero-order chi connectivity index (χ0) is 19.8. The average molecular weight is 435 g/mol. The van der Waals surface area contributed by atoms with Gasteiger partial charge in [0.05, 0.1) is 5.69 Å². The fraction of sp³-hybridized carbons (Fsp3) is 0.105. The number of aromatic nitrogens is 4. The van der Waals surface area contributed by atoms with Crippen LogP contribution in [0.2, 0.25) is 10.0 Å². The van der Waals surface area contributed by atoms with Crippen LogP contribution in [-0.4, -0.2) is 19.2 Å². The van der Waals surface area contributed by atoms with Gasteiger partial charge in [-0.25, -0.2) is 4.39 Å². The summed E-state index contributed by atoms with van der Waals surface area (Å²) in [7, 11) is 0. The Balaban J connectivity index is 1.69. The van der Waals surface area contributed by atoms with Crippen LogP contribution in [-0.2, 0) is 5.75 Å². The van der Waals surface area contributed by atoms with Crippen LogP contribution < -0.4 is 5.56 Å². The van der Waals surface area contributed by atoms with E-state index in [1.54, 1.807) is 35.0 Å². The topological polar surface area (TPSA) is 52.2 Å². The summed E-state index contributed by atoms with van der Waals surface area (Å²) in [6.07, 6.45) is 3.39. The summed E-state index contributed by atoms with van der Waals surface area (Å²) in [4.78, 5) is 12.9. The highest BCUT2D eigenvalue weighted by Crippen LogP contribution is 2.26. The molecule has 0 radical (unpaired) electrons. The second-order valence-corrected chi connectivity index (χ2v) is 7.81. The van der Waals surface area contributed by atoms with Crippen molar-refractivity contribution in [1.29, 1.82) is 0 Å². The van der Waals surface area contributed by atoms with Crippen molar-refractivity contribution >= 4 is 40.6 Å². The van der Waals surface area contributed by atoms with Crippen LogP contribution in [0.5, 0.6) is 0 Å². The number of rotatable bonds is 4. The number of benzene rings is 2. The maximum atomic E-state index is 13.2. The molecule has 4 aromatic rings. The molecule has 0 aliphatic heterocycles. The van der Waals surface area contributed by atoms with Crippen molar-refractivity contribution in [2.24, 2.45) is 0 Å². The summed E-state index contributed by atoms with van der Waals surface area (Å²) in [5.74, 6) is 0.0830. The number of hydrogen-bond acceptors (Lipinski definition) is 4. The molecule has 5 nitrogen and oxygen atoms in total. The van der Waals surface area contributed by atoms with E-state index < -0.39 is 0 Å². The SMILES string of the molecule is Cc1c(Cl)cccc1-n1ccn2c(SCc3ccc(F)cc3Cl)nnc2c1=O. The molecule has 0 saturated heterocycles. The van der Waals surface area contributed by atoms with Gasteiger partial charge in [0, 0.05) is 28.2 Å². The second-order valence-electron chi connectivity index (χ2n) is 6.06. The van der Waals surface area contributed by atoms with Crippen LogP contribution in [0.25, 0.3) is 11.3 Å². The highest BCUT2D eigenvalue weighted by molar-refractivity contribution is 7.98. The molecule has 142 valence electrons. The van der Waals surface area contributed by atoms with Gasteiger partial charge in [0.25, 0.3) is 0 Å². The van der Waals surface area contributed by atoms with E-state index in [-0.39, 0.29) is 17.0 Å². The van der Waals surface area contributed by atoms with Gasteiger partial charge >= 0.3 is 5.56 Å². The van der Waals surface area contributed by atoms with Crippen molar-refractivity contribution in [3.8, 4) is 5.69 Å². The van der Waals surface area contributed by atoms with E-state index >= 15 is 0 Å². The maximum Gasteiger partial charge on any atom is 0.300 e. The molecule has 0 spiro atoms. The number of thioether (sulfide) groups is 1. The molecule has 9 heteroatoms. The van der Waals surface area contributed by atoms with E-state index in [1.807, 2.05) is 13.0 Å². The van der Waals surface area contributed by atoms with Gasteiger partial charge in [-0.3, -0.25) is 13.8 Å². The monoisotopic (exact) mass is 434 g/mol. The molecule has 2 aromatic heterocycles. The van der Waals surface area contributed by atoms with E-state index in [2.05, 4.69) is 10.2 Å². The number of hydrogen-bond donors (Lipinski definition) is 0. The van der Waals surface area contributed by atoms with Crippen molar-refractivity contribution in [3.63, 3.8) is 0 Å². The van der Waals surface area contributed by atoms with Crippen LogP contribution in [0.1, 0.15) is 11.1 Å². The average Bonchev–Trinajstić information content (AvgIpc) is 3.08. The van der Waals surface area contributed by atoms with Gasteiger partial charge in [-0.05, 0) is 42.3 Å².